The molecule has 1 N–H and O–H groups in total. The van der Waals surface area contributed by atoms with Gasteiger partial charge in [-0.2, -0.15) is 0 Å². The van der Waals surface area contributed by atoms with E-state index in [1.54, 1.807) is 0 Å². The lowest BCUT2D eigenvalue weighted by Crippen LogP contribution is -2.47. The molecule has 4 rings (SSSR count). The molecule has 1 heterocycles. The fraction of sp³-hybridized carbons (Fsp3) is 0.440. The molecule has 5 nitrogen and oxygen atoms in total. The number of hydrogen-bond donors (Lipinski definition) is 1. The average molecular weight is 442 g/mol. The minimum absolute atomic E-state index is 0.0167. The van der Waals surface area contributed by atoms with Gasteiger partial charge in [-0.15, -0.1) is 0 Å². The van der Waals surface area contributed by atoms with Crippen molar-refractivity contribution in [1.29, 1.82) is 0 Å². The predicted octanol–water partition coefficient (Wildman–Crippen LogP) is 3.60. The van der Waals surface area contributed by atoms with Crippen molar-refractivity contribution in [2.24, 2.45) is 5.92 Å². The average Bonchev–Trinajstić information content (AvgIpc) is 3.24. The molecule has 0 spiro atoms. The SMILES string of the molecule is O=C1NCCN(Cc2cc(F)cc(F)c2)CCCN(C(=O)c2ccccc2)C2CCCC12. The zero-order chi connectivity index (χ0) is 22.5. The molecule has 2 fully saturated rings. The highest BCUT2D eigenvalue weighted by atomic mass is 19.1. The number of hydrogen-bond acceptors (Lipinski definition) is 3. The summed E-state index contributed by atoms with van der Waals surface area (Å²) in [5, 5.41) is 3.02. The molecular weight excluding hydrogens is 412 g/mol. The Bertz CT molecular complexity index is 933. The van der Waals surface area contributed by atoms with Crippen LogP contribution in [0.4, 0.5) is 8.78 Å². The van der Waals surface area contributed by atoms with Crippen LogP contribution in [-0.4, -0.2) is 53.8 Å². The Morgan fingerprint density at radius 2 is 1.72 bits per heavy atom. The third-order valence-electron chi connectivity index (χ3n) is 6.43. The summed E-state index contributed by atoms with van der Waals surface area (Å²) >= 11 is 0. The quantitative estimate of drug-likeness (QED) is 0.792. The lowest BCUT2D eigenvalue weighted by atomic mass is 9.99. The second kappa shape index (κ2) is 10.2. The number of rotatable bonds is 3. The summed E-state index contributed by atoms with van der Waals surface area (Å²) < 4.78 is 27.2. The van der Waals surface area contributed by atoms with Crippen LogP contribution in [0.15, 0.2) is 48.5 Å². The molecule has 32 heavy (non-hydrogen) atoms. The summed E-state index contributed by atoms with van der Waals surface area (Å²) in [6.07, 6.45) is 3.25. The number of benzene rings is 2. The van der Waals surface area contributed by atoms with E-state index in [-0.39, 0.29) is 23.8 Å². The van der Waals surface area contributed by atoms with Gasteiger partial charge in [-0.1, -0.05) is 24.6 Å². The van der Waals surface area contributed by atoms with Crippen LogP contribution in [0, 0.1) is 17.6 Å². The Hall–Kier alpha value is -2.80. The monoisotopic (exact) mass is 441 g/mol. The van der Waals surface area contributed by atoms with E-state index >= 15 is 0 Å². The third-order valence-corrected chi connectivity index (χ3v) is 6.43. The van der Waals surface area contributed by atoms with Gasteiger partial charge >= 0.3 is 0 Å². The van der Waals surface area contributed by atoms with Crippen molar-refractivity contribution >= 4 is 11.8 Å². The first kappa shape index (κ1) is 22.4. The molecule has 1 aliphatic carbocycles. The predicted molar refractivity (Wildman–Crippen MR) is 118 cm³/mol. The molecule has 2 aromatic carbocycles. The second-order valence-corrected chi connectivity index (χ2v) is 8.67. The fourth-order valence-corrected chi connectivity index (χ4v) is 4.95. The number of carbonyl (C=O) groups excluding carboxylic acids is 2. The molecule has 1 aliphatic heterocycles. The molecule has 2 unspecified atom stereocenters. The van der Waals surface area contributed by atoms with Crippen molar-refractivity contribution in [1.82, 2.24) is 15.1 Å². The first-order valence-electron chi connectivity index (χ1n) is 11.3. The van der Waals surface area contributed by atoms with Gasteiger partial charge in [-0.25, -0.2) is 8.78 Å². The van der Waals surface area contributed by atoms with Gasteiger partial charge in [0.05, 0.1) is 5.92 Å². The van der Waals surface area contributed by atoms with Crippen LogP contribution >= 0.6 is 0 Å². The minimum Gasteiger partial charge on any atom is -0.355 e. The second-order valence-electron chi connectivity index (χ2n) is 8.67. The Labute approximate surface area is 187 Å². The molecule has 7 heteroatoms. The number of carbonyl (C=O) groups is 2. The van der Waals surface area contributed by atoms with Gasteiger partial charge in [0, 0.05) is 50.4 Å². The molecule has 0 radical (unpaired) electrons. The zero-order valence-electron chi connectivity index (χ0n) is 18.1. The van der Waals surface area contributed by atoms with Gasteiger partial charge in [0.2, 0.25) is 5.91 Å². The summed E-state index contributed by atoms with van der Waals surface area (Å²) in [5.41, 5.74) is 1.18. The maximum atomic E-state index is 13.6. The molecule has 2 aliphatic rings. The molecule has 2 atom stereocenters. The Morgan fingerprint density at radius 1 is 0.969 bits per heavy atom. The molecule has 0 aromatic heterocycles. The largest absolute Gasteiger partial charge is 0.355 e. The highest BCUT2D eigenvalue weighted by molar-refractivity contribution is 5.95. The van der Waals surface area contributed by atoms with E-state index in [1.165, 1.54) is 12.1 Å². The highest BCUT2D eigenvalue weighted by Crippen LogP contribution is 2.31. The topological polar surface area (TPSA) is 52.7 Å². The normalized spacial score (nSPS) is 22.7. The van der Waals surface area contributed by atoms with Gasteiger partial charge in [0.15, 0.2) is 0 Å². The van der Waals surface area contributed by atoms with Crippen molar-refractivity contribution < 1.29 is 18.4 Å². The van der Waals surface area contributed by atoms with Gasteiger partial charge < -0.3 is 10.2 Å². The first-order chi connectivity index (χ1) is 15.5. The molecule has 1 saturated carbocycles. The van der Waals surface area contributed by atoms with Crippen LogP contribution in [0.1, 0.15) is 41.6 Å². The number of nitrogens with zero attached hydrogens (tertiary/aromatic N) is 2. The van der Waals surface area contributed by atoms with E-state index in [2.05, 4.69) is 10.2 Å². The van der Waals surface area contributed by atoms with E-state index in [9.17, 15) is 18.4 Å². The maximum Gasteiger partial charge on any atom is 0.254 e. The van der Waals surface area contributed by atoms with Crippen LogP contribution in [0.5, 0.6) is 0 Å². The number of nitrogens with one attached hydrogen (secondary N) is 1. The van der Waals surface area contributed by atoms with Gasteiger partial charge in [0.1, 0.15) is 11.6 Å². The minimum atomic E-state index is -0.598. The summed E-state index contributed by atoms with van der Waals surface area (Å²) in [7, 11) is 0. The molecule has 1 saturated heterocycles. The fourth-order valence-electron chi connectivity index (χ4n) is 4.95. The number of amides is 2. The van der Waals surface area contributed by atoms with Crippen LogP contribution in [-0.2, 0) is 11.3 Å². The molecule has 0 bridgehead atoms. The molecule has 2 aromatic rings. The summed E-state index contributed by atoms with van der Waals surface area (Å²) in [6.45, 7) is 2.62. The highest BCUT2D eigenvalue weighted by Gasteiger charge is 2.39. The van der Waals surface area contributed by atoms with Crippen molar-refractivity contribution in [2.45, 2.75) is 38.3 Å². The van der Waals surface area contributed by atoms with E-state index in [0.29, 0.717) is 50.3 Å². The van der Waals surface area contributed by atoms with Crippen LogP contribution in [0.3, 0.4) is 0 Å². The van der Waals surface area contributed by atoms with Crippen molar-refractivity contribution in [3.05, 3.63) is 71.3 Å². The number of fused-ring (bicyclic) bond motifs is 1. The first-order valence-corrected chi connectivity index (χ1v) is 11.3. The molecule has 2 amide bonds. The van der Waals surface area contributed by atoms with E-state index in [1.807, 2.05) is 35.2 Å². The summed E-state index contributed by atoms with van der Waals surface area (Å²) in [6, 6.07) is 12.6. The Balaban J connectivity index is 1.53. The van der Waals surface area contributed by atoms with Crippen LogP contribution in [0.2, 0.25) is 0 Å². The van der Waals surface area contributed by atoms with Crippen LogP contribution < -0.4 is 5.32 Å². The van der Waals surface area contributed by atoms with E-state index in [0.717, 1.165) is 25.3 Å². The molecular formula is C25H29F2N3O2. The Kier molecular flexibility index (Phi) is 7.15. The van der Waals surface area contributed by atoms with Gasteiger partial charge in [-0.05, 0) is 49.1 Å². The molecule has 170 valence electrons. The van der Waals surface area contributed by atoms with Crippen molar-refractivity contribution in [2.75, 3.05) is 26.2 Å². The van der Waals surface area contributed by atoms with Crippen molar-refractivity contribution in [3.8, 4) is 0 Å². The van der Waals surface area contributed by atoms with E-state index in [4.69, 9.17) is 0 Å². The smallest absolute Gasteiger partial charge is 0.254 e. The summed E-state index contributed by atoms with van der Waals surface area (Å²) in [4.78, 5) is 30.2. The van der Waals surface area contributed by atoms with Crippen molar-refractivity contribution in [3.63, 3.8) is 0 Å². The van der Waals surface area contributed by atoms with Crippen LogP contribution in [0.25, 0.3) is 0 Å². The maximum absolute atomic E-state index is 13.6. The third kappa shape index (κ3) is 5.33. The number of halogens is 2. The summed E-state index contributed by atoms with van der Waals surface area (Å²) in [5.74, 6) is -1.46. The zero-order valence-corrected chi connectivity index (χ0v) is 18.1. The lowest BCUT2D eigenvalue weighted by Gasteiger charge is -2.33. The van der Waals surface area contributed by atoms with Gasteiger partial charge in [-0.3, -0.25) is 14.5 Å². The van der Waals surface area contributed by atoms with E-state index < -0.39 is 11.6 Å². The lowest BCUT2D eigenvalue weighted by molar-refractivity contribution is -0.126. The van der Waals surface area contributed by atoms with Gasteiger partial charge in [0.25, 0.3) is 5.91 Å². The Morgan fingerprint density at radius 3 is 2.47 bits per heavy atom. The standard InChI is InChI=1S/C25H29F2N3O2/c26-20-14-18(15-21(27)16-20)17-29-11-5-12-30(25(32)19-6-2-1-3-7-19)23-9-4-8-22(23)24(31)28-10-13-29/h1-3,6-7,14-16,22-23H,4-5,8-13,17H2,(H,28,31).